The van der Waals surface area contributed by atoms with Gasteiger partial charge in [-0.3, -0.25) is 0 Å². The summed E-state index contributed by atoms with van der Waals surface area (Å²) in [4.78, 5) is 1.73. The zero-order chi connectivity index (χ0) is 11.7. The molecule has 86 valence electrons. The molecule has 1 aromatic rings. The molecule has 1 aromatic carbocycles. The molecule has 0 spiro atoms. The smallest absolute Gasteiger partial charge is 0.161 e. The van der Waals surface area contributed by atoms with Gasteiger partial charge in [-0.1, -0.05) is 0 Å². The minimum atomic E-state index is -0.639. The minimum Gasteiger partial charge on any atom is -0.493 e. The number of hydrogen-bond donors (Lipinski definition) is 1. The van der Waals surface area contributed by atoms with Crippen molar-refractivity contribution in [1.82, 2.24) is 4.90 Å². The molecule has 0 saturated carbocycles. The van der Waals surface area contributed by atoms with Crippen LogP contribution in [-0.4, -0.2) is 31.3 Å². The van der Waals surface area contributed by atoms with Crippen molar-refractivity contribution in [3.05, 3.63) is 29.5 Å². The van der Waals surface area contributed by atoms with E-state index in [9.17, 15) is 5.11 Å². The summed E-state index contributed by atoms with van der Waals surface area (Å²) < 4.78 is 10.4. The number of methoxy groups -OCH3 is 2. The Hall–Kier alpha value is -1.68. The minimum absolute atomic E-state index is 0.629. The molecule has 2 rings (SSSR count). The van der Waals surface area contributed by atoms with E-state index in [1.165, 1.54) is 0 Å². The highest BCUT2D eigenvalue weighted by Gasteiger charge is 2.21. The van der Waals surface area contributed by atoms with Crippen LogP contribution in [0.1, 0.15) is 17.4 Å². The zero-order valence-electron chi connectivity index (χ0n) is 9.60. The van der Waals surface area contributed by atoms with Crippen LogP contribution in [-0.2, 0) is 0 Å². The fourth-order valence-corrected chi connectivity index (χ4v) is 1.78. The summed E-state index contributed by atoms with van der Waals surface area (Å²) in [5.41, 5.74) is 1.77. The first-order valence-corrected chi connectivity index (χ1v) is 5.01. The standard InChI is InChI=1S/C12H15NO3/c1-13-5-4-8-6-10(15-2)11(16-3)7-9(8)12(13)14/h4-7,12,14H,1-3H3. The molecule has 16 heavy (non-hydrogen) atoms. The first kappa shape index (κ1) is 10.8. The van der Waals surface area contributed by atoms with Crippen molar-refractivity contribution >= 4 is 6.08 Å². The lowest BCUT2D eigenvalue weighted by Crippen LogP contribution is -2.22. The molecule has 1 N–H and O–H groups in total. The maximum atomic E-state index is 9.99. The van der Waals surface area contributed by atoms with Gasteiger partial charge in [0.2, 0.25) is 0 Å². The van der Waals surface area contributed by atoms with Crippen LogP contribution >= 0.6 is 0 Å². The lowest BCUT2D eigenvalue weighted by atomic mass is 10.0. The van der Waals surface area contributed by atoms with Gasteiger partial charge in [-0.2, -0.15) is 0 Å². The second-order valence-corrected chi connectivity index (χ2v) is 3.69. The van der Waals surface area contributed by atoms with Gasteiger partial charge in [0.25, 0.3) is 0 Å². The van der Waals surface area contributed by atoms with E-state index in [4.69, 9.17) is 9.47 Å². The topological polar surface area (TPSA) is 41.9 Å². The number of hydrogen-bond acceptors (Lipinski definition) is 4. The van der Waals surface area contributed by atoms with Crippen LogP contribution in [0.25, 0.3) is 6.08 Å². The van der Waals surface area contributed by atoms with Gasteiger partial charge in [0.1, 0.15) is 0 Å². The van der Waals surface area contributed by atoms with Crippen LogP contribution in [0.2, 0.25) is 0 Å². The molecule has 0 aromatic heterocycles. The van der Waals surface area contributed by atoms with Crippen LogP contribution in [0.15, 0.2) is 18.3 Å². The molecule has 1 heterocycles. The molecule has 4 heteroatoms. The third kappa shape index (κ3) is 1.61. The second kappa shape index (κ2) is 4.06. The average molecular weight is 221 g/mol. The lowest BCUT2D eigenvalue weighted by molar-refractivity contribution is 0.0524. The Balaban J connectivity index is 2.54. The lowest BCUT2D eigenvalue weighted by Gasteiger charge is -2.28. The Labute approximate surface area is 94.7 Å². The summed E-state index contributed by atoms with van der Waals surface area (Å²) in [7, 11) is 5.00. The van der Waals surface area contributed by atoms with Gasteiger partial charge in [0, 0.05) is 18.8 Å². The summed E-state index contributed by atoms with van der Waals surface area (Å²) in [5, 5.41) is 9.99. The quantitative estimate of drug-likeness (QED) is 0.823. The average Bonchev–Trinajstić information content (AvgIpc) is 2.32. The second-order valence-electron chi connectivity index (χ2n) is 3.69. The summed E-state index contributed by atoms with van der Waals surface area (Å²) in [6.07, 6.45) is 3.13. The Morgan fingerprint density at radius 3 is 2.44 bits per heavy atom. The van der Waals surface area contributed by atoms with Gasteiger partial charge in [-0.25, -0.2) is 0 Å². The van der Waals surface area contributed by atoms with Crippen molar-refractivity contribution in [1.29, 1.82) is 0 Å². The zero-order valence-corrected chi connectivity index (χ0v) is 9.60. The fraction of sp³-hybridized carbons (Fsp3) is 0.333. The Morgan fingerprint density at radius 1 is 1.19 bits per heavy atom. The molecule has 1 aliphatic rings. The van der Waals surface area contributed by atoms with Gasteiger partial charge < -0.3 is 19.5 Å². The van der Waals surface area contributed by atoms with Crippen molar-refractivity contribution in [3.8, 4) is 11.5 Å². The van der Waals surface area contributed by atoms with E-state index in [-0.39, 0.29) is 0 Å². The molecule has 0 saturated heterocycles. The van der Waals surface area contributed by atoms with Crippen LogP contribution < -0.4 is 9.47 Å². The van der Waals surface area contributed by atoms with Gasteiger partial charge in [0.05, 0.1) is 14.2 Å². The Bertz CT molecular complexity index is 429. The molecule has 0 amide bonds. The number of benzene rings is 1. The third-order valence-electron chi connectivity index (χ3n) is 2.74. The highest BCUT2D eigenvalue weighted by molar-refractivity contribution is 5.62. The molecular weight excluding hydrogens is 206 g/mol. The van der Waals surface area contributed by atoms with E-state index in [1.807, 2.05) is 25.4 Å². The van der Waals surface area contributed by atoms with Crippen molar-refractivity contribution in [2.45, 2.75) is 6.23 Å². The maximum Gasteiger partial charge on any atom is 0.161 e. The van der Waals surface area contributed by atoms with Crippen LogP contribution in [0.4, 0.5) is 0 Å². The van der Waals surface area contributed by atoms with E-state index in [2.05, 4.69) is 0 Å². The van der Waals surface area contributed by atoms with Crippen molar-refractivity contribution in [2.75, 3.05) is 21.3 Å². The third-order valence-corrected chi connectivity index (χ3v) is 2.74. The monoisotopic (exact) mass is 221 g/mol. The van der Waals surface area contributed by atoms with E-state index < -0.39 is 6.23 Å². The fourth-order valence-electron chi connectivity index (χ4n) is 1.78. The highest BCUT2D eigenvalue weighted by Crippen LogP contribution is 2.36. The summed E-state index contributed by atoms with van der Waals surface area (Å²) >= 11 is 0. The van der Waals surface area contributed by atoms with Crippen LogP contribution in [0.3, 0.4) is 0 Å². The number of fused-ring (bicyclic) bond motifs is 1. The number of nitrogens with zero attached hydrogens (tertiary/aromatic N) is 1. The first-order valence-electron chi connectivity index (χ1n) is 5.01. The largest absolute Gasteiger partial charge is 0.493 e. The first-order chi connectivity index (χ1) is 7.67. The van der Waals surface area contributed by atoms with Crippen molar-refractivity contribution in [2.24, 2.45) is 0 Å². The van der Waals surface area contributed by atoms with Crippen LogP contribution in [0, 0.1) is 0 Å². The predicted octanol–water partition coefficient (Wildman–Crippen LogP) is 1.61. The molecule has 1 aliphatic heterocycles. The maximum absolute atomic E-state index is 9.99. The molecule has 1 atom stereocenters. The highest BCUT2D eigenvalue weighted by atomic mass is 16.5. The number of aliphatic hydroxyl groups excluding tert-OH is 1. The molecule has 4 nitrogen and oxygen atoms in total. The Morgan fingerprint density at radius 2 is 1.81 bits per heavy atom. The Kier molecular flexibility index (Phi) is 2.75. The molecule has 1 unspecified atom stereocenters. The molecule has 0 aliphatic carbocycles. The summed E-state index contributed by atoms with van der Waals surface area (Å²) in [5.74, 6) is 1.30. The van der Waals surface area contributed by atoms with E-state index in [0.29, 0.717) is 11.5 Å². The van der Waals surface area contributed by atoms with Crippen molar-refractivity contribution < 1.29 is 14.6 Å². The summed E-state index contributed by atoms with van der Waals surface area (Å²) in [6, 6.07) is 3.67. The number of ether oxygens (including phenoxy) is 2. The normalized spacial score (nSPS) is 18.2. The number of aliphatic hydroxyl groups is 1. The SMILES string of the molecule is COc1cc2c(cc1OC)C(O)N(C)C=C2. The number of rotatable bonds is 2. The van der Waals surface area contributed by atoms with E-state index in [1.54, 1.807) is 25.2 Å². The van der Waals surface area contributed by atoms with E-state index >= 15 is 0 Å². The van der Waals surface area contributed by atoms with Crippen LogP contribution in [0.5, 0.6) is 11.5 Å². The van der Waals surface area contributed by atoms with Gasteiger partial charge in [-0.15, -0.1) is 0 Å². The molecule has 0 fully saturated rings. The predicted molar refractivity (Wildman–Crippen MR) is 61.3 cm³/mol. The summed E-state index contributed by atoms with van der Waals surface area (Å²) in [6.45, 7) is 0. The van der Waals surface area contributed by atoms with Gasteiger partial charge in [-0.05, 0) is 23.8 Å². The molecule has 0 bridgehead atoms. The van der Waals surface area contributed by atoms with Gasteiger partial charge in [0.15, 0.2) is 17.7 Å². The molecule has 0 radical (unpaired) electrons. The van der Waals surface area contributed by atoms with Crippen molar-refractivity contribution in [3.63, 3.8) is 0 Å². The van der Waals surface area contributed by atoms with E-state index in [0.717, 1.165) is 11.1 Å². The van der Waals surface area contributed by atoms with Gasteiger partial charge >= 0.3 is 0 Å². The molecular formula is C12H15NO3.